The van der Waals surface area contributed by atoms with E-state index in [0.717, 1.165) is 40.4 Å². The molecule has 184 valence electrons. The van der Waals surface area contributed by atoms with E-state index in [2.05, 4.69) is 27.9 Å². The van der Waals surface area contributed by atoms with E-state index in [1.54, 1.807) is 12.1 Å². The molecule has 1 aliphatic rings. The maximum atomic E-state index is 13.4. The van der Waals surface area contributed by atoms with E-state index in [9.17, 15) is 18.0 Å². The van der Waals surface area contributed by atoms with Crippen molar-refractivity contribution in [1.29, 1.82) is 0 Å². The van der Waals surface area contributed by atoms with E-state index >= 15 is 0 Å². The molecule has 0 radical (unpaired) electrons. The number of amides is 1. The molecule has 1 aromatic heterocycles. The van der Waals surface area contributed by atoms with Crippen LogP contribution in [0.15, 0.2) is 79.0 Å². The summed E-state index contributed by atoms with van der Waals surface area (Å²) >= 11 is 0. The first-order valence-corrected chi connectivity index (χ1v) is 11.9. The van der Waals surface area contributed by atoms with Gasteiger partial charge in [-0.25, -0.2) is 0 Å². The number of carbonyl (C=O) groups is 1. The van der Waals surface area contributed by atoms with Crippen molar-refractivity contribution < 1.29 is 22.7 Å². The number of para-hydroxylation sites is 1. The molecule has 0 unspecified atom stereocenters. The number of halogens is 3. The number of hydrogen-bond acceptors (Lipinski definition) is 3. The molecule has 0 bridgehead atoms. The molecule has 1 saturated heterocycles. The van der Waals surface area contributed by atoms with Crippen molar-refractivity contribution >= 4 is 16.8 Å². The van der Waals surface area contributed by atoms with Crippen LogP contribution in [0, 0.1) is 12.8 Å². The number of likely N-dealkylation sites (tertiary alicyclic amines) is 1. The Hall–Kier alpha value is -3.87. The largest absolute Gasteiger partial charge is 0.573 e. The Labute approximate surface area is 207 Å². The predicted molar refractivity (Wildman–Crippen MR) is 133 cm³/mol. The maximum Gasteiger partial charge on any atom is 0.573 e. The standard InChI is InChI=1S/C29H25F3N2O2/c1-19-25(21-10-12-24(13-11-21)36-29(30,31)32)8-3-9-26(19)28(35)34-16-14-20(18-34)17-23-6-2-5-22-7-4-15-33-27(22)23/h2-13,15,20H,14,16-18H2,1H3/t20-/m0/s1. The zero-order chi connectivity index (χ0) is 25.3. The van der Waals surface area contributed by atoms with Crippen molar-refractivity contribution in [2.45, 2.75) is 26.1 Å². The lowest BCUT2D eigenvalue weighted by atomic mass is 9.95. The zero-order valence-corrected chi connectivity index (χ0v) is 19.8. The van der Waals surface area contributed by atoms with E-state index in [1.165, 1.54) is 17.7 Å². The van der Waals surface area contributed by atoms with Crippen molar-refractivity contribution in [3.05, 3.63) is 95.7 Å². The van der Waals surface area contributed by atoms with Crippen molar-refractivity contribution in [2.75, 3.05) is 13.1 Å². The first kappa shape index (κ1) is 23.9. The molecule has 1 aliphatic heterocycles. The van der Waals surface area contributed by atoms with Crippen LogP contribution in [0.25, 0.3) is 22.0 Å². The predicted octanol–water partition coefficient (Wildman–Crippen LogP) is 6.81. The minimum absolute atomic E-state index is 0.0232. The zero-order valence-electron chi connectivity index (χ0n) is 19.8. The minimum Gasteiger partial charge on any atom is -0.406 e. The molecule has 2 heterocycles. The highest BCUT2D eigenvalue weighted by Gasteiger charge is 2.31. The summed E-state index contributed by atoms with van der Waals surface area (Å²) < 4.78 is 41.4. The third-order valence-corrected chi connectivity index (χ3v) is 6.76. The number of fused-ring (bicyclic) bond motifs is 1. The van der Waals surface area contributed by atoms with E-state index in [-0.39, 0.29) is 11.7 Å². The molecule has 1 amide bonds. The molecular formula is C29H25F3N2O2. The Kier molecular flexibility index (Phi) is 6.39. The molecule has 36 heavy (non-hydrogen) atoms. The highest BCUT2D eigenvalue weighted by atomic mass is 19.4. The summed E-state index contributed by atoms with van der Waals surface area (Å²) in [6.07, 6.45) is -1.14. The third kappa shape index (κ3) is 5.05. The minimum atomic E-state index is -4.73. The van der Waals surface area contributed by atoms with Crippen molar-refractivity contribution in [3.63, 3.8) is 0 Å². The number of pyridine rings is 1. The topological polar surface area (TPSA) is 42.4 Å². The summed E-state index contributed by atoms with van der Waals surface area (Å²) in [6.45, 7) is 3.24. The van der Waals surface area contributed by atoms with E-state index in [1.807, 2.05) is 48.4 Å². The fourth-order valence-corrected chi connectivity index (χ4v) is 5.01. The van der Waals surface area contributed by atoms with Gasteiger partial charge in [0.1, 0.15) is 5.75 Å². The third-order valence-electron chi connectivity index (χ3n) is 6.76. The summed E-state index contributed by atoms with van der Waals surface area (Å²) in [5.41, 5.74) is 5.14. The van der Waals surface area contributed by atoms with Crippen LogP contribution < -0.4 is 4.74 Å². The quantitative estimate of drug-likeness (QED) is 0.309. The van der Waals surface area contributed by atoms with Gasteiger partial charge in [-0.15, -0.1) is 13.2 Å². The summed E-state index contributed by atoms with van der Waals surface area (Å²) in [4.78, 5) is 19.9. The second-order valence-corrected chi connectivity index (χ2v) is 9.15. The molecule has 4 nitrogen and oxygen atoms in total. The van der Waals surface area contributed by atoms with Gasteiger partial charge in [0.15, 0.2) is 0 Å². The average Bonchev–Trinajstić information content (AvgIpc) is 3.32. The molecule has 0 saturated carbocycles. The molecule has 5 rings (SSSR count). The smallest absolute Gasteiger partial charge is 0.406 e. The molecule has 0 aliphatic carbocycles. The van der Waals surface area contributed by atoms with Gasteiger partial charge in [-0.05, 0) is 72.2 Å². The highest BCUT2D eigenvalue weighted by molar-refractivity contribution is 5.97. The first-order chi connectivity index (χ1) is 17.3. The summed E-state index contributed by atoms with van der Waals surface area (Å²) in [5, 5.41) is 1.12. The number of aromatic nitrogens is 1. The van der Waals surface area contributed by atoms with E-state index in [4.69, 9.17) is 0 Å². The Morgan fingerprint density at radius 2 is 1.78 bits per heavy atom. The highest BCUT2D eigenvalue weighted by Crippen LogP contribution is 2.31. The van der Waals surface area contributed by atoms with Crippen molar-refractivity contribution in [3.8, 4) is 16.9 Å². The number of rotatable bonds is 5. The number of hydrogen-bond donors (Lipinski definition) is 0. The number of benzene rings is 3. The fraction of sp³-hybridized carbons (Fsp3) is 0.241. The van der Waals surface area contributed by atoms with Gasteiger partial charge in [0, 0.05) is 30.2 Å². The Balaban J connectivity index is 1.31. The van der Waals surface area contributed by atoms with Gasteiger partial charge in [0.25, 0.3) is 5.91 Å². The molecule has 1 fully saturated rings. The van der Waals surface area contributed by atoms with Crippen LogP contribution in [-0.2, 0) is 6.42 Å². The Morgan fingerprint density at radius 1 is 1.03 bits per heavy atom. The molecule has 3 aromatic carbocycles. The molecule has 1 atom stereocenters. The first-order valence-electron chi connectivity index (χ1n) is 11.9. The number of carbonyl (C=O) groups excluding carboxylic acids is 1. The second-order valence-electron chi connectivity index (χ2n) is 9.15. The molecule has 4 aromatic rings. The number of alkyl halides is 3. The monoisotopic (exact) mass is 490 g/mol. The Bertz CT molecular complexity index is 1390. The normalized spacial score (nSPS) is 15.9. The fourth-order valence-electron chi connectivity index (χ4n) is 5.01. The van der Waals surface area contributed by atoms with Gasteiger partial charge in [0.2, 0.25) is 0 Å². The maximum absolute atomic E-state index is 13.4. The van der Waals surface area contributed by atoms with Gasteiger partial charge >= 0.3 is 6.36 Å². The Morgan fingerprint density at radius 3 is 2.56 bits per heavy atom. The number of nitrogens with zero attached hydrogens (tertiary/aromatic N) is 2. The van der Waals surface area contributed by atoms with Crippen LogP contribution in [0.3, 0.4) is 0 Å². The van der Waals surface area contributed by atoms with E-state index < -0.39 is 6.36 Å². The molecule has 0 spiro atoms. The lowest BCUT2D eigenvalue weighted by Gasteiger charge is -2.19. The van der Waals surface area contributed by atoms with Crippen LogP contribution in [0.4, 0.5) is 13.2 Å². The van der Waals surface area contributed by atoms with Crippen LogP contribution in [0.2, 0.25) is 0 Å². The van der Waals surface area contributed by atoms with Crippen LogP contribution in [0.1, 0.15) is 27.9 Å². The van der Waals surface area contributed by atoms with Gasteiger partial charge in [-0.3, -0.25) is 9.78 Å². The summed E-state index contributed by atoms with van der Waals surface area (Å²) in [7, 11) is 0. The SMILES string of the molecule is Cc1c(C(=O)N2CC[C@@H](Cc3cccc4cccnc34)C2)cccc1-c1ccc(OC(F)(F)F)cc1. The van der Waals surface area contributed by atoms with E-state index in [0.29, 0.717) is 24.6 Å². The van der Waals surface area contributed by atoms with Crippen molar-refractivity contribution in [2.24, 2.45) is 5.92 Å². The van der Waals surface area contributed by atoms with Crippen LogP contribution in [-0.4, -0.2) is 35.2 Å². The summed E-state index contributed by atoms with van der Waals surface area (Å²) in [5.74, 6) is 0.0526. The van der Waals surface area contributed by atoms with Gasteiger partial charge in [0.05, 0.1) is 5.52 Å². The lowest BCUT2D eigenvalue weighted by Crippen LogP contribution is -2.29. The van der Waals surface area contributed by atoms with Crippen molar-refractivity contribution in [1.82, 2.24) is 9.88 Å². The van der Waals surface area contributed by atoms with Crippen LogP contribution >= 0.6 is 0 Å². The number of ether oxygens (including phenoxy) is 1. The van der Waals surface area contributed by atoms with Gasteiger partial charge in [-0.2, -0.15) is 0 Å². The molecule has 7 heteroatoms. The average molecular weight is 491 g/mol. The summed E-state index contributed by atoms with van der Waals surface area (Å²) in [6, 6.07) is 21.4. The molecule has 0 N–H and O–H groups in total. The second kappa shape index (κ2) is 9.64. The lowest BCUT2D eigenvalue weighted by molar-refractivity contribution is -0.274. The van der Waals surface area contributed by atoms with Gasteiger partial charge in [-0.1, -0.05) is 48.5 Å². The van der Waals surface area contributed by atoms with Crippen LogP contribution in [0.5, 0.6) is 5.75 Å². The molecular weight excluding hydrogens is 465 g/mol. The van der Waals surface area contributed by atoms with Gasteiger partial charge < -0.3 is 9.64 Å².